The summed E-state index contributed by atoms with van der Waals surface area (Å²) in [5.41, 5.74) is 5.74. The zero-order valence-electron chi connectivity index (χ0n) is 35.1. The number of hydrogen-bond donors (Lipinski definition) is 4. The zero-order chi connectivity index (χ0) is 41.2. The van der Waals surface area contributed by atoms with Crippen LogP contribution in [0.4, 0.5) is 0 Å². The van der Waals surface area contributed by atoms with E-state index in [-0.39, 0.29) is 43.0 Å². The van der Waals surface area contributed by atoms with Gasteiger partial charge < -0.3 is 26.6 Å². The van der Waals surface area contributed by atoms with E-state index in [0.717, 1.165) is 32.2 Å². The quantitative estimate of drug-likeness (QED) is 0.0504. The van der Waals surface area contributed by atoms with Crippen LogP contribution in [-0.2, 0) is 28.8 Å². The third-order valence-corrected chi connectivity index (χ3v) is 7.81. The van der Waals surface area contributed by atoms with Crippen molar-refractivity contribution in [2.75, 3.05) is 33.7 Å². The lowest BCUT2D eigenvalue weighted by Gasteiger charge is -2.23. The first-order valence-corrected chi connectivity index (χ1v) is 19.6. The predicted octanol–water partition coefficient (Wildman–Crippen LogP) is 6.08. The van der Waals surface area contributed by atoms with E-state index in [9.17, 15) is 28.8 Å². The number of nitrogens with one attached hydrogen (secondary N) is 3. The van der Waals surface area contributed by atoms with Gasteiger partial charge in [-0.25, -0.2) is 0 Å². The normalized spacial score (nSPS) is 13.7. The Kier molecular flexibility index (Phi) is 35.6. The minimum Gasteiger partial charge on any atom is -0.376 e. The Labute approximate surface area is 322 Å². The second kappa shape index (κ2) is 35.2. The average Bonchev–Trinajstić information content (AvgIpc) is 3.12. The summed E-state index contributed by atoms with van der Waals surface area (Å²) < 4.78 is 0. The summed E-state index contributed by atoms with van der Waals surface area (Å²) in [6.45, 7) is 18.4. The van der Waals surface area contributed by atoms with Crippen molar-refractivity contribution >= 4 is 41.5 Å². The van der Waals surface area contributed by atoms with E-state index in [0.29, 0.717) is 23.8 Å². The van der Waals surface area contributed by atoms with E-state index in [4.69, 9.17) is 5.73 Å². The molecule has 0 aromatic rings. The highest BCUT2D eigenvalue weighted by Gasteiger charge is 2.25. The molecule has 0 aromatic heterocycles. The first-order chi connectivity index (χ1) is 24.9. The van der Waals surface area contributed by atoms with Crippen molar-refractivity contribution in [2.45, 2.75) is 145 Å². The van der Waals surface area contributed by atoms with Crippen LogP contribution in [0, 0.1) is 17.8 Å². The van der Waals surface area contributed by atoms with Crippen LogP contribution in [0.3, 0.4) is 0 Å². The fourth-order valence-electron chi connectivity index (χ4n) is 4.39. The smallest absolute Gasteiger partial charge is 0.287 e. The van der Waals surface area contributed by atoms with Gasteiger partial charge in [0.15, 0.2) is 5.78 Å². The number of amides is 4. The highest BCUT2D eigenvalue weighted by Crippen LogP contribution is 2.15. The summed E-state index contributed by atoms with van der Waals surface area (Å²) in [6.07, 6.45) is 20.5. The number of primary amides is 1. The number of nitrogens with two attached hydrogens (primary N) is 1. The molecule has 1 rings (SSSR count). The van der Waals surface area contributed by atoms with Crippen molar-refractivity contribution in [3.8, 4) is 0 Å². The van der Waals surface area contributed by atoms with Gasteiger partial charge in [0, 0.05) is 33.0 Å². The number of carbonyl (C=O) groups is 6. The monoisotopic (exact) mass is 749 g/mol. The zero-order valence-corrected chi connectivity index (χ0v) is 35.1. The van der Waals surface area contributed by atoms with Crippen LogP contribution in [0.1, 0.15) is 139 Å². The highest BCUT2D eigenvalue weighted by atomic mass is 16.2. The molecule has 0 spiro atoms. The standard InChI is InChI=1S/C19H31N3O4.C8H16N2O.C8H17NO.C6H12/c1-6-9-11-14(8-3)17(19(26)22(4)5)21-16(24)13-20-18(25)15(23)12-10-7-2;1-7(2)4-9-6-10-5-8(3)11;1-6(2)4-5-7(3)8(9)10;1-2-4-6-5-3-1/h8-9,11,17H,6-7,10,12-13H2,1-5H3,(H,20,25)(H,21,24);6-7H,4-5H2,1-3H3,(H,9,10);6-7H,4-5H2,1-3H3,(H2,9,10);1-6H2/b11-9-,14-8+;;;. The van der Waals surface area contributed by atoms with E-state index in [1.165, 1.54) is 50.3 Å². The summed E-state index contributed by atoms with van der Waals surface area (Å²) in [5, 5.41) is 7.92. The van der Waals surface area contributed by atoms with Crippen molar-refractivity contribution < 1.29 is 28.8 Å². The number of likely N-dealkylation sites (N-methyl/N-ethyl adjacent to an activating group) is 1. The van der Waals surface area contributed by atoms with E-state index in [1.54, 1.807) is 39.5 Å². The number of unbranched alkanes of at least 4 members (excludes halogenated alkanes) is 1. The first kappa shape index (κ1) is 53.5. The third kappa shape index (κ3) is 35.0. The van der Waals surface area contributed by atoms with E-state index in [2.05, 4.69) is 48.6 Å². The van der Waals surface area contributed by atoms with Crippen LogP contribution in [0.5, 0.6) is 0 Å². The molecule has 12 nitrogen and oxygen atoms in total. The summed E-state index contributed by atoms with van der Waals surface area (Å²) in [6, 6.07) is -0.849. The van der Waals surface area contributed by atoms with E-state index < -0.39 is 23.6 Å². The molecule has 53 heavy (non-hydrogen) atoms. The fourth-order valence-corrected chi connectivity index (χ4v) is 4.39. The van der Waals surface area contributed by atoms with Crippen molar-refractivity contribution in [2.24, 2.45) is 28.5 Å². The van der Waals surface area contributed by atoms with Crippen LogP contribution >= 0.6 is 0 Å². The van der Waals surface area contributed by atoms with Crippen molar-refractivity contribution in [1.82, 2.24) is 20.9 Å². The lowest BCUT2D eigenvalue weighted by molar-refractivity contribution is -0.138. The Balaban J connectivity index is -0.000000750. The van der Waals surface area contributed by atoms with Crippen LogP contribution in [0.25, 0.3) is 0 Å². The molecule has 2 atom stereocenters. The molecule has 2 unspecified atom stereocenters. The van der Waals surface area contributed by atoms with Gasteiger partial charge in [-0.05, 0) is 50.5 Å². The van der Waals surface area contributed by atoms with E-state index in [1.807, 2.05) is 26.8 Å². The maximum absolute atomic E-state index is 12.4. The summed E-state index contributed by atoms with van der Waals surface area (Å²) in [7, 11) is 3.21. The van der Waals surface area contributed by atoms with Crippen LogP contribution in [0.2, 0.25) is 0 Å². The van der Waals surface area contributed by atoms with Gasteiger partial charge in [0.25, 0.3) is 5.91 Å². The van der Waals surface area contributed by atoms with Crippen LogP contribution in [0.15, 0.2) is 28.8 Å². The first-order valence-electron chi connectivity index (χ1n) is 19.6. The Hall–Kier alpha value is -3.83. The average molecular weight is 749 g/mol. The fraction of sp³-hybridized carbons (Fsp3) is 0.732. The molecule has 0 radical (unpaired) electrons. The predicted molar refractivity (Wildman–Crippen MR) is 218 cm³/mol. The highest BCUT2D eigenvalue weighted by molar-refractivity contribution is 6.36. The molecule has 1 fully saturated rings. The number of ketones is 2. The molecular formula is C41H76N6O6. The molecule has 0 bridgehead atoms. The Morgan fingerprint density at radius 3 is 1.85 bits per heavy atom. The third-order valence-electron chi connectivity index (χ3n) is 7.81. The van der Waals surface area contributed by atoms with Crippen LogP contribution in [-0.4, -0.2) is 86.2 Å². The lowest BCUT2D eigenvalue weighted by atomic mass is 9.99. The number of rotatable bonds is 20. The molecule has 5 N–H and O–H groups in total. The molecule has 306 valence electrons. The maximum atomic E-state index is 12.4. The van der Waals surface area contributed by atoms with E-state index >= 15 is 0 Å². The Morgan fingerprint density at radius 1 is 0.868 bits per heavy atom. The summed E-state index contributed by atoms with van der Waals surface area (Å²) in [4.78, 5) is 74.0. The molecule has 1 aliphatic rings. The lowest BCUT2D eigenvalue weighted by Crippen LogP contribution is -2.50. The molecular weight excluding hydrogens is 672 g/mol. The number of Topliss-reactive ketones (excluding diaryl/α,β-unsaturated/α-hetero) is 2. The van der Waals surface area contributed by atoms with Gasteiger partial charge in [0.1, 0.15) is 6.04 Å². The molecule has 0 saturated heterocycles. The molecule has 12 heteroatoms. The molecule has 0 aliphatic heterocycles. The van der Waals surface area contributed by atoms with Gasteiger partial charge in [-0.2, -0.15) is 0 Å². The number of nitrogens with zero attached hydrogens (tertiary/aromatic N) is 2. The maximum Gasteiger partial charge on any atom is 0.287 e. The van der Waals surface area contributed by atoms with Crippen molar-refractivity contribution in [3.05, 3.63) is 23.8 Å². The molecule has 1 saturated carbocycles. The second-order valence-corrected chi connectivity index (χ2v) is 14.4. The van der Waals surface area contributed by atoms with Crippen molar-refractivity contribution in [1.29, 1.82) is 0 Å². The Morgan fingerprint density at radius 2 is 1.43 bits per heavy atom. The van der Waals surface area contributed by atoms with Gasteiger partial charge >= 0.3 is 0 Å². The SMILES string of the molecule is C/C=C(\C=C/CC)C(NC(=O)CNC(=O)C(=O)CCCC)C(=O)N(C)C.C1CCCCC1.CC(=O)CN=CNCC(C)C.CC(C)CCC(C)C(N)=O. The number of carbonyl (C=O) groups excluding carboxylic acids is 6. The second-order valence-electron chi connectivity index (χ2n) is 14.4. The number of aliphatic imine (C=N–C) groups is 1. The van der Waals surface area contributed by atoms with Gasteiger partial charge in [-0.1, -0.05) is 118 Å². The summed E-state index contributed by atoms with van der Waals surface area (Å²) >= 11 is 0. The van der Waals surface area contributed by atoms with Gasteiger partial charge in [-0.15, -0.1) is 0 Å². The molecule has 1 aliphatic carbocycles. The summed E-state index contributed by atoms with van der Waals surface area (Å²) in [5.74, 6) is -0.901. The van der Waals surface area contributed by atoms with Gasteiger partial charge in [0.2, 0.25) is 23.5 Å². The largest absolute Gasteiger partial charge is 0.376 e. The molecule has 4 amide bonds. The molecule has 0 heterocycles. The number of allylic oxidation sites excluding steroid dienone is 2. The number of hydrogen-bond acceptors (Lipinski definition) is 7. The van der Waals surface area contributed by atoms with Crippen LogP contribution < -0.4 is 21.7 Å². The minimum absolute atomic E-state index is 0.0439. The minimum atomic E-state index is -0.849. The topological polar surface area (TPSA) is 180 Å². The van der Waals surface area contributed by atoms with Gasteiger partial charge in [0.05, 0.1) is 19.4 Å². The van der Waals surface area contributed by atoms with Crippen molar-refractivity contribution in [3.63, 3.8) is 0 Å². The van der Waals surface area contributed by atoms with Gasteiger partial charge in [-0.3, -0.25) is 33.8 Å². The Bertz CT molecular complexity index is 1110. The molecule has 0 aromatic carbocycles.